The summed E-state index contributed by atoms with van der Waals surface area (Å²) in [5.41, 5.74) is 4.07. The number of amides is 1. The summed E-state index contributed by atoms with van der Waals surface area (Å²) >= 11 is 6.35. The van der Waals surface area contributed by atoms with Gasteiger partial charge in [0.05, 0.1) is 12.3 Å². The van der Waals surface area contributed by atoms with Crippen molar-refractivity contribution in [1.82, 2.24) is 4.90 Å². The number of rotatable bonds is 6. The van der Waals surface area contributed by atoms with Gasteiger partial charge in [0.15, 0.2) is 6.10 Å². The zero-order valence-corrected chi connectivity index (χ0v) is 18.4. The maximum absolute atomic E-state index is 13.1. The summed E-state index contributed by atoms with van der Waals surface area (Å²) in [4.78, 5) is 20.6. The average Bonchev–Trinajstić information content (AvgIpc) is 3.10. The van der Waals surface area contributed by atoms with E-state index in [1.165, 1.54) is 5.56 Å². The Kier molecular flexibility index (Phi) is 6.63. The molecule has 1 heterocycles. The lowest BCUT2D eigenvalue weighted by molar-refractivity contribution is -0.135. The van der Waals surface area contributed by atoms with Crippen LogP contribution in [-0.2, 0) is 16.2 Å². The molecule has 5 heteroatoms. The quantitative estimate of drug-likeness (QED) is 0.619. The number of aryl methyl sites for hydroxylation is 1. The van der Waals surface area contributed by atoms with Crippen LogP contribution in [0.1, 0.15) is 50.3 Å². The van der Waals surface area contributed by atoms with Gasteiger partial charge in [-0.25, -0.2) is 0 Å². The SMILES string of the molecule is Cc1ccccc1C1=NO[C@@H](CN(Cc2ccccc2Cl)C(=O)CC(C)(C)C)C1. The number of carbonyl (C=O) groups excluding carboxylic acids is 1. The monoisotopic (exact) mass is 412 g/mol. The molecule has 2 aromatic rings. The Labute approximate surface area is 178 Å². The van der Waals surface area contributed by atoms with E-state index in [0.717, 1.165) is 16.8 Å². The Morgan fingerprint density at radius 3 is 2.55 bits per heavy atom. The molecule has 1 aliphatic rings. The van der Waals surface area contributed by atoms with Gasteiger partial charge < -0.3 is 9.74 Å². The Balaban J connectivity index is 1.73. The molecule has 1 atom stereocenters. The second-order valence-electron chi connectivity index (χ2n) is 8.89. The minimum absolute atomic E-state index is 0.0881. The molecule has 154 valence electrons. The molecule has 0 aliphatic carbocycles. The first-order valence-electron chi connectivity index (χ1n) is 10.0. The van der Waals surface area contributed by atoms with E-state index in [2.05, 4.69) is 45.0 Å². The Bertz CT molecular complexity index is 902. The van der Waals surface area contributed by atoms with Crippen molar-refractivity contribution in [2.24, 2.45) is 10.6 Å². The Morgan fingerprint density at radius 1 is 1.17 bits per heavy atom. The predicted molar refractivity (Wildman–Crippen MR) is 118 cm³/mol. The maximum Gasteiger partial charge on any atom is 0.223 e. The highest BCUT2D eigenvalue weighted by Gasteiger charge is 2.29. The molecule has 0 saturated carbocycles. The predicted octanol–water partition coefficient (Wildman–Crippen LogP) is 5.61. The fraction of sp³-hybridized carbons (Fsp3) is 0.417. The summed E-state index contributed by atoms with van der Waals surface area (Å²) in [5, 5.41) is 4.98. The second kappa shape index (κ2) is 9.00. The first-order valence-corrected chi connectivity index (χ1v) is 10.4. The molecule has 4 nitrogen and oxygen atoms in total. The van der Waals surface area contributed by atoms with Crippen LogP contribution in [0.5, 0.6) is 0 Å². The number of benzene rings is 2. The third-order valence-corrected chi connectivity index (χ3v) is 5.34. The zero-order valence-electron chi connectivity index (χ0n) is 17.6. The lowest BCUT2D eigenvalue weighted by atomic mass is 9.91. The molecule has 0 aromatic heterocycles. The van der Waals surface area contributed by atoms with Crippen LogP contribution in [0, 0.1) is 12.3 Å². The van der Waals surface area contributed by atoms with E-state index in [1.54, 1.807) is 0 Å². The molecule has 0 unspecified atom stereocenters. The standard InChI is InChI=1S/C24H29ClN2O2/c1-17-9-5-7-11-20(17)22-13-19(29-26-22)16-27(23(28)14-24(2,3)4)15-18-10-6-8-12-21(18)25/h5-12,19H,13-16H2,1-4H3/t19-/m1/s1. The third-order valence-electron chi connectivity index (χ3n) is 4.97. The van der Waals surface area contributed by atoms with E-state index in [9.17, 15) is 4.79 Å². The van der Waals surface area contributed by atoms with Gasteiger partial charge in [0, 0.05) is 30.0 Å². The molecule has 29 heavy (non-hydrogen) atoms. The van der Waals surface area contributed by atoms with Gasteiger partial charge in [-0.15, -0.1) is 0 Å². The van der Waals surface area contributed by atoms with Gasteiger partial charge in [-0.3, -0.25) is 4.79 Å². The topological polar surface area (TPSA) is 41.9 Å². The van der Waals surface area contributed by atoms with Gasteiger partial charge in [0.25, 0.3) is 0 Å². The summed E-state index contributed by atoms with van der Waals surface area (Å²) in [7, 11) is 0. The van der Waals surface area contributed by atoms with Crippen LogP contribution in [0.4, 0.5) is 0 Å². The van der Waals surface area contributed by atoms with Gasteiger partial charge in [-0.05, 0) is 29.5 Å². The highest BCUT2D eigenvalue weighted by molar-refractivity contribution is 6.31. The number of carbonyl (C=O) groups is 1. The van der Waals surface area contributed by atoms with Crippen molar-refractivity contribution in [1.29, 1.82) is 0 Å². The molecule has 2 aromatic carbocycles. The van der Waals surface area contributed by atoms with Gasteiger partial charge in [0.2, 0.25) is 5.91 Å². The number of oxime groups is 1. The summed E-state index contributed by atoms with van der Waals surface area (Å²) in [6, 6.07) is 15.8. The molecule has 3 rings (SSSR count). The van der Waals surface area contributed by atoms with Crippen LogP contribution < -0.4 is 0 Å². The average molecular weight is 413 g/mol. The second-order valence-corrected chi connectivity index (χ2v) is 9.29. The van der Waals surface area contributed by atoms with Crippen LogP contribution in [0.25, 0.3) is 0 Å². The molecule has 0 N–H and O–H groups in total. The molecule has 0 bridgehead atoms. The summed E-state index contributed by atoms with van der Waals surface area (Å²) < 4.78 is 0. The minimum Gasteiger partial charge on any atom is -0.390 e. The molecule has 0 saturated heterocycles. The fourth-order valence-corrected chi connectivity index (χ4v) is 3.68. The lowest BCUT2D eigenvalue weighted by Gasteiger charge is -2.28. The zero-order chi connectivity index (χ0) is 21.0. The van der Waals surface area contributed by atoms with Crippen molar-refractivity contribution in [2.75, 3.05) is 6.54 Å². The van der Waals surface area contributed by atoms with Gasteiger partial charge >= 0.3 is 0 Å². The van der Waals surface area contributed by atoms with Crippen molar-refractivity contribution >= 4 is 23.2 Å². The molecule has 1 aliphatic heterocycles. The van der Waals surface area contributed by atoms with Crippen LogP contribution >= 0.6 is 11.6 Å². The highest BCUT2D eigenvalue weighted by Crippen LogP contribution is 2.25. The van der Waals surface area contributed by atoms with E-state index >= 15 is 0 Å². The summed E-state index contributed by atoms with van der Waals surface area (Å²) in [6.07, 6.45) is 0.999. The first-order chi connectivity index (χ1) is 13.7. The van der Waals surface area contributed by atoms with Crippen molar-refractivity contribution in [3.63, 3.8) is 0 Å². The molecule has 0 spiro atoms. The van der Waals surface area contributed by atoms with Crippen LogP contribution in [0.3, 0.4) is 0 Å². The van der Waals surface area contributed by atoms with Crippen LogP contribution in [0.15, 0.2) is 53.7 Å². The maximum atomic E-state index is 13.1. The van der Waals surface area contributed by atoms with Gasteiger partial charge in [-0.1, -0.05) is 80.0 Å². The minimum atomic E-state index is -0.156. The van der Waals surface area contributed by atoms with Crippen molar-refractivity contribution in [3.05, 3.63) is 70.2 Å². The van der Waals surface area contributed by atoms with Crippen molar-refractivity contribution < 1.29 is 9.63 Å². The largest absolute Gasteiger partial charge is 0.390 e. The number of nitrogens with zero attached hydrogens (tertiary/aromatic N) is 2. The number of halogens is 1. The summed E-state index contributed by atoms with van der Waals surface area (Å²) in [5.74, 6) is 0.102. The molecule has 0 fully saturated rings. The van der Waals surface area contributed by atoms with Crippen LogP contribution in [-0.4, -0.2) is 29.2 Å². The van der Waals surface area contributed by atoms with E-state index in [4.69, 9.17) is 16.4 Å². The summed E-state index contributed by atoms with van der Waals surface area (Å²) in [6.45, 7) is 9.24. The van der Waals surface area contributed by atoms with Crippen LogP contribution in [0.2, 0.25) is 5.02 Å². The molecule has 0 radical (unpaired) electrons. The number of hydrogen-bond donors (Lipinski definition) is 0. The Hall–Kier alpha value is -2.33. The molecule has 1 amide bonds. The van der Waals surface area contributed by atoms with E-state index in [-0.39, 0.29) is 17.4 Å². The van der Waals surface area contributed by atoms with Crippen molar-refractivity contribution in [3.8, 4) is 0 Å². The van der Waals surface area contributed by atoms with Crippen molar-refractivity contribution in [2.45, 2.75) is 53.2 Å². The van der Waals surface area contributed by atoms with Gasteiger partial charge in [-0.2, -0.15) is 0 Å². The van der Waals surface area contributed by atoms with Gasteiger partial charge in [0.1, 0.15) is 0 Å². The number of hydrogen-bond acceptors (Lipinski definition) is 3. The molecular weight excluding hydrogens is 384 g/mol. The van der Waals surface area contributed by atoms with E-state index in [1.807, 2.05) is 41.3 Å². The first kappa shape index (κ1) is 21.4. The van der Waals surface area contributed by atoms with E-state index in [0.29, 0.717) is 31.0 Å². The fourth-order valence-electron chi connectivity index (χ4n) is 3.48. The normalized spacial score (nSPS) is 16.3. The molecular formula is C24H29ClN2O2. The Morgan fingerprint density at radius 2 is 1.86 bits per heavy atom. The lowest BCUT2D eigenvalue weighted by Crippen LogP contribution is -2.39. The highest BCUT2D eigenvalue weighted by atomic mass is 35.5. The third kappa shape index (κ3) is 5.83. The van der Waals surface area contributed by atoms with E-state index < -0.39 is 0 Å². The smallest absolute Gasteiger partial charge is 0.223 e.